The second kappa shape index (κ2) is 10.1. The van der Waals surface area contributed by atoms with Crippen molar-refractivity contribution in [3.05, 3.63) is 0 Å². The van der Waals surface area contributed by atoms with Gasteiger partial charge >= 0.3 is 23.9 Å². The third kappa shape index (κ3) is 11.2. The average molecular weight is 318 g/mol. The van der Waals surface area contributed by atoms with Gasteiger partial charge in [0, 0.05) is 20.8 Å². The molecule has 0 atom stereocenters. The molecule has 2 N–H and O–H groups in total. The minimum absolute atomic E-state index is 0.123. The summed E-state index contributed by atoms with van der Waals surface area (Å²) < 4.78 is 14.0. The van der Waals surface area contributed by atoms with Crippen molar-refractivity contribution in [2.45, 2.75) is 26.9 Å². The molecule has 0 aromatic rings. The normalized spacial score (nSPS) is 12.5. The summed E-state index contributed by atoms with van der Waals surface area (Å²) >= 11 is 0. The fraction of sp³-hybridized carbons (Fsp3) is 0.583. The molecule has 1 saturated heterocycles. The SMILES string of the molecule is CC(=O)OCC(COC(C)=O)OC(C)=O.O=C1CNC(=O)N1. The lowest BCUT2D eigenvalue weighted by atomic mass is 10.4. The Morgan fingerprint density at radius 1 is 1.00 bits per heavy atom. The molecule has 1 aliphatic rings. The molecule has 1 heterocycles. The minimum Gasteiger partial charge on any atom is -0.462 e. The van der Waals surface area contributed by atoms with E-state index in [0.29, 0.717) is 0 Å². The van der Waals surface area contributed by atoms with Gasteiger partial charge in [-0.15, -0.1) is 0 Å². The molecule has 0 saturated carbocycles. The number of carbonyl (C=O) groups is 5. The number of carbonyl (C=O) groups excluding carboxylic acids is 5. The monoisotopic (exact) mass is 318 g/mol. The van der Waals surface area contributed by atoms with Crippen LogP contribution in [0, 0.1) is 0 Å². The molecular formula is C12H18N2O8. The third-order valence-electron chi connectivity index (χ3n) is 1.94. The van der Waals surface area contributed by atoms with E-state index in [1.165, 1.54) is 20.8 Å². The molecule has 0 aromatic heterocycles. The summed E-state index contributed by atoms with van der Waals surface area (Å²) in [6.45, 7) is 3.56. The zero-order chi connectivity index (χ0) is 17.1. The van der Waals surface area contributed by atoms with Crippen molar-refractivity contribution in [2.24, 2.45) is 0 Å². The van der Waals surface area contributed by atoms with Crippen LogP contribution in [0.4, 0.5) is 4.79 Å². The molecule has 22 heavy (non-hydrogen) atoms. The minimum atomic E-state index is -0.754. The van der Waals surface area contributed by atoms with Gasteiger partial charge in [0.1, 0.15) is 13.2 Å². The summed E-state index contributed by atoms with van der Waals surface area (Å²) in [4.78, 5) is 51.7. The van der Waals surface area contributed by atoms with Crippen molar-refractivity contribution >= 4 is 29.8 Å². The molecule has 10 heteroatoms. The van der Waals surface area contributed by atoms with Gasteiger partial charge in [0.15, 0.2) is 6.10 Å². The maximum atomic E-state index is 10.6. The Morgan fingerprint density at radius 3 is 1.73 bits per heavy atom. The fourth-order valence-corrected chi connectivity index (χ4v) is 1.15. The first kappa shape index (κ1) is 19.4. The van der Waals surface area contributed by atoms with Gasteiger partial charge in [-0.3, -0.25) is 24.5 Å². The molecule has 1 aliphatic heterocycles. The van der Waals surface area contributed by atoms with Gasteiger partial charge in [-0.2, -0.15) is 0 Å². The first-order valence-corrected chi connectivity index (χ1v) is 6.22. The number of nitrogens with one attached hydrogen (secondary N) is 2. The van der Waals surface area contributed by atoms with E-state index in [2.05, 4.69) is 14.8 Å². The van der Waals surface area contributed by atoms with Crippen LogP contribution < -0.4 is 10.6 Å². The quantitative estimate of drug-likeness (QED) is 0.369. The Balaban J connectivity index is 0.000000518. The number of rotatable bonds is 5. The molecule has 10 nitrogen and oxygen atoms in total. The largest absolute Gasteiger partial charge is 0.462 e. The fourth-order valence-electron chi connectivity index (χ4n) is 1.15. The van der Waals surface area contributed by atoms with Crippen LogP contribution in [0.3, 0.4) is 0 Å². The maximum absolute atomic E-state index is 10.6. The van der Waals surface area contributed by atoms with Gasteiger partial charge in [0.05, 0.1) is 6.54 Å². The van der Waals surface area contributed by atoms with Gasteiger partial charge in [-0.25, -0.2) is 4.79 Å². The van der Waals surface area contributed by atoms with Crippen LogP contribution in [0.25, 0.3) is 0 Å². The molecule has 1 fully saturated rings. The van der Waals surface area contributed by atoms with Crippen LogP contribution in [0.5, 0.6) is 0 Å². The number of imide groups is 1. The number of hydrogen-bond acceptors (Lipinski definition) is 8. The van der Waals surface area contributed by atoms with Crippen LogP contribution >= 0.6 is 0 Å². The zero-order valence-corrected chi connectivity index (χ0v) is 12.5. The number of amides is 3. The Morgan fingerprint density at radius 2 is 1.50 bits per heavy atom. The van der Waals surface area contributed by atoms with Crippen molar-refractivity contribution in [2.75, 3.05) is 19.8 Å². The standard InChI is InChI=1S/C9H14O6.C3H4N2O2/c1-6(10)13-4-9(15-8(3)12)5-14-7(2)11;6-2-1-4-3(7)5-2/h9H,4-5H2,1-3H3;1H2,(H2,4,5,6,7). The van der Waals surface area contributed by atoms with Crippen LogP contribution in [0.1, 0.15) is 20.8 Å². The van der Waals surface area contributed by atoms with E-state index in [9.17, 15) is 24.0 Å². The van der Waals surface area contributed by atoms with E-state index in [1.54, 1.807) is 0 Å². The van der Waals surface area contributed by atoms with E-state index in [0.717, 1.165) is 0 Å². The van der Waals surface area contributed by atoms with Gasteiger partial charge in [0.2, 0.25) is 5.91 Å². The predicted octanol–water partition coefficient (Wildman–Crippen LogP) is -1.13. The molecule has 0 radical (unpaired) electrons. The molecule has 1 rings (SSSR count). The predicted molar refractivity (Wildman–Crippen MR) is 70.4 cm³/mol. The second-order valence-electron chi connectivity index (χ2n) is 4.07. The first-order chi connectivity index (χ1) is 10.2. The molecule has 124 valence electrons. The van der Waals surface area contributed by atoms with Crippen LogP contribution in [0.2, 0.25) is 0 Å². The van der Waals surface area contributed by atoms with E-state index in [-0.39, 0.29) is 25.7 Å². The summed E-state index contributed by atoms with van der Waals surface area (Å²) in [7, 11) is 0. The van der Waals surface area contributed by atoms with E-state index in [4.69, 9.17) is 4.74 Å². The van der Waals surface area contributed by atoms with Crippen LogP contribution in [0.15, 0.2) is 0 Å². The zero-order valence-electron chi connectivity index (χ0n) is 12.5. The molecule has 0 bridgehead atoms. The highest BCUT2D eigenvalue weighted by atomic mass is 16.6. The van der Waals surface area contributed by atoms with Crippen molar-refractivity contribution in [1.29, 1.82) is 0 Å². The van der Waals surface area contributed by atoms with Gasteiger partial charge < -0.3 is 19.5 Å². The molecule has 0 spiro atoms. The lowest BCUT2D eigenvalue weighted by Crippen LogP contribution is -2.29. The van der Waals surface area contributed by atoms with E-state index < -0.39 is 30.0 Å². The number of esters is 3. The van der Waals surface area contributed by atoms with Crippen molar-refractivity contribution in [3.8, 4) is 0 Å². The third-order valence-corrected chi connectivity index (χ3v) is 1.94. The topological polar surface area (TPSA) is 137 Å². The highest BCUT2D eigenvalue weighted by molar-refractivity contribution is 6.01. The summed E-state index contributed by atoms with van der Waals surface area (Å²) in [5.41, 5.74) is 0. The molecule has 0 unspecified atom stereocenters. The van der Waals surface area contributed by atoms with Gasteiger partial charge in [0.25, 0.3) is 0 Å². The lowest BCUT2D eigenvalue weighted by molar-refractivity contribution is -0.163. The summed E-state index contributed by atoms with van der Waals surface area (Å²) in [6, 6.07) is -0.398. The van der Waals surface area contributed by atoms with Gasteiger partial charge in [-0.1, -0.05) is 0 Å². The second-order valence-corrected chi connectivity index (χ2v) is 4.07. The molecule has 0 aromatic carbocycles. The number of ether oxygens (including phenoxy) is 3. The first-order valence-electron chi connectivity index (χ1n) is 6.22. The van der Waals surface area contributed by atoms with Crippen molar-refractivity contribution in [1.82, 2.24) is 10.6 Å². The highest BCUT2D eigenvalue weighted by Gasteiger charge is 2.15. The highest BCUT2D eigenvalue weighted by Crippen LogP contribution is 1.97. The lowest BCUT2D eigenvalue weighted by Gasteiger charge is -2.15. The number of hydrogen-bond donors (Lipinski definition) is 2. The maximum Gasteiger partial charge on any atom is 0.321 e. The van der Waals surface area contributed by atoms with Crippen molar-refractivity contribution < 1.29 is 38.2 Å². The Bertz CT molecular complexity index is 416. The summed E-state index contributed by atoms with van der Waals surface area (Å²) in [6.07, 6.45) is -0.754. The van der Waals surface area contributed by atoms with Crippen LogP contribution in [-0.4, -0.2) is 55.7 Å². The Hall–Kier alpha value is -2.65. The van der Waals surface area contributed by atoms with E-state index >= 15 is 0 Å². The Kier molecular flexibility index (Phi) is 8.91. The van der Waals surface area contributed by atoms with E-state index in [1.807, 2.05) is 5.32 Å². The number of urea groups is 1. The van der Waals surface area contributed by atoms with Gasteiger partial charge in [-0.05, 0) is 0 Å². The van der Waals surface area contributed by atoms with Crippen LogP contribution in [-0.2, 0) is 33.4 Å². The summed E-state index contributed by atoms with van der Waals surface area (Å²) in [5.74, 6) is -1.77. The smallest absolute Gasteiger partial charge is 0.321 e. The Labute approximate surface area is 126 Å². The molecule has 3 amide bonds. The summed E-state index contributed by atoms with van der Waals surface area (Å²) in [5, 5.41) is 4.30. The molecule has 0 aliphatic carbocycles. The van der Waals surface area contributed by atoms with Crippen molar-refractivity contribution in [3.63, 3.8) is 0 Å². The average Bonchev–Trinajstić information content (AvgIpc) is 2.76. The molecular weight excluding hydrogens is 300 g/mol.